The molecule has 1 unspecified atom stereocenters. The van der Waals surface area contributed by atoms with Crippen molar-refractivity contribution in [1.82, 2.24) is 0 Å². The normalized spacial score (nSPS) is 29.1. The van der Waals surface area contributed by atoms with Crippen molar-refractivity contribution < 1.29 is 24.9 Å². The van der Waals surface area contributed by atoms with Gasteiger partial charge < -0.3 is 15.3 Å². The van der Waals surface area contributed by atoms with E-state index in [1.807, 2.05) is 20.8 Å². The summed E-state index contributed by atoms with van der Waals surface area (Å²) in [7, 11) is 0. The molecule has 0 heterocycles. The minimum Gasteiger partial charge on any atom is -0.504 e. The second-order valence-corrected chi connectivity index (χ2v) is 8.45. The maximum atomic E-state index is 12.8. The van der Waals surface area contributed by atoms with Gasteiger partial charge in [0.1, 0.15) is 5.78 Å². The average Bonchev–Trinajstić information content (AvgIpc) is 2.51. The summed E-state index contributed by atoms with van der Waals surface area (Å²) in [4.78, 5) is 25.2. The molecule has 0 bridgehead atoms. The number of carbonyl (C=O) groups excluding carboxylic acids is 2. The highest BCUT2D eigenvalue weighted by Gasteiger charge is 2.56. The molecular formula is C20H26O5. The number of aliphatic hydroxyl groups excluding tert-OH is 1. The van der Waals surface area contributed by atoms with Gasteiger partial charge in [0.25, 0.3) is 0 Å². The highest BCUT2D eigenvalue weighted by molar-refractivity contribution is 6.02. The van der Waals surface area contributed by atoms with Crippen LogP contribution in [-0.2, 0) is 16.6 Å². The first kappa shape index (κ1) is 17.9. The number of carbonyl (C=O) groups is 2. The zero-order valence-electron chi connectivity index (χ0n) is 15.2. The number of hydrogen-bond acceptors (Lipinski definition) is 5. The molecule has 1 aromatic rings. The molecule has 3 N–H and O–H groups in total. The first-order chi connectivity index (χ1) is 11.5. The monoisotopic (exact) mass is 346 g/mol. The molecule has 0 saturated heterocycles. The quantitative estimate of drug-likeness (QED) is 0.716. The van der Waals surface area contributed by atoms with Crippen LogP contribution in [0.2, 0.25) is 0 Å². The summed E-state index contributed by atoms with van der Waals surface area (Å²) < 4.78 is 0. The molecule has 0 amide bonds. The fourth-order valence-corrected chi connectivity index (χ4v) is 4.92. The predicted molar refractivity (Wildman–Crippen MR) is 93.0 cm³/mol. The Labute approximate surface area is 147 Å². The van der Waals surface area contributed by atoms with Crippen LogP contribution < -0.4 is 0 Å². The van der Waals surface area contributed by atoms with Crippen molar-refractivity contribution in [3.05, 3.63) is 22.8 Å². The van der Waals surface area contributed by atoms with E-state index in [1.54, 1.807) is 13.0 Å². The van der Waals surface area contributed by atoms with Crippen LogP contribution in [0.4, 0.5) is 0 Å². The Morgan fingerprint density at radius 1 is 1.20 bits per heavy atom. The van der Waals surface area contributed by atoms with Gasteiger partial charge in [-0.05, 0) is 25.3 Å². The fourth-order valence-electron chi connectivity index (χ4n) is 4.92. The third-order valence-electron chi connectivity index (χ3n) is 6.36. The SMILES string of the molecule is CC(O)Cc1cc2c(c(O)c1O)[C@]1(C)CCC(=O)C(C)(C)[C@H]1CC2=O. The summed E-state index contributed by atoms with van der Waals surface area (Å²) >= 11 is 0. The number of hydrogen-bond donors (Lipinski definition) is 3. The Kier molecular flexibility index (Phi) is 3.99. The first-order valence-electron chi connectivity index (χ1n) is 8.83. The van der Waals surface area contributed by atoms with Gasteiger partial charge in [-0.15, -0.1) is 0 Å². The number of benzene rings is 1. The molecule has 5 nitrogen and oxygen atoms in total. The number of Topliss-reactive ketones (excluding diaryl/α,β-unsaturated/α-hetero) is 2. The number of phenolic OH excluding ortho intramolecular Hbond substituents is 2. The number of aromatic hydroxyl groups is 2. The standard InChI is InChI=1S/C20H26O5/c1-10(21)7-11-8-12-13(22)9-14-19(2,3)15(23)5-6-20(14,4)16(12)18(25)17(11)24/h8,10,14,21,24-25H,5-7,9H2,1-4H3/t10?,14-,20-/m1/s1. The topological polar surface area (TPSA) is 94.8 Å². The predicted octanol–water partition coefficient (Wildman–Crippen LogP) is 2.87. The van der Waals surface area contributed by atoms with E-state index < -0.39 is 16.9 Å². The van der Waals surface area contributed by atoms with Crippen molar-refractivity contribution in [2.75, 3.05) is 0 Å². The summed E-state index contributed by atoms with van der Waals surface area (Å²) in [5.74, 6) is -0.750. The highest BCUT2D eigenvalue weighted by atomic mass is 16.3. The Hall–Kier alpha value is -1.88. The van der Waals surface area contributed by atoms with Gasteiger partial charge in [0.15, 0.2) is 17.3 Å². The highest BCUT2D eigenvalue weighted by Crippen LogP contribution is 2.59. The van der Waals surface area contributed by atoms with E-state index >= 15 is 0 Å². The lowest BCUT2D eigenvalue weighted by Gasteiger charge is -2.52. The Morgan fingerprint density at radius 3 is 2.44 bits per heavy atom. The van der Waals surface area contributed by atoms with Crippen LogP contribution in [0, 0.1) is 11.3 Å². The van der Waals surface area contributed by atoms with E-state index in [0.717, 1.165) is 0 Å². The largest absolute Gasteiger partial charge is 0.504 e. The molecule has 0 spiro atoms. The van der Waals surface area contributed by atoms with Crippen molar-refractivity contribution in [2.45, 2.75) is 64.9 Å². The van der Waals surface area contributed by atoms with E-state index in [2.05, 4.69) is 0 Å². The minimum absolute atomic E-state index is 0.123. The third kappa shape index (κ3) is 2.48. The van der Waals surface area contributed by atoms with Gasteiger partial charge in [0, 0.05) is 46.8 Å². The molecule has 2 aliphatic rings. The molecule has 0 aromatic heterocycles. The molecular weight excluding hydrogens is 320 g/mol. The number of ketones is 2. The van der Waals surface area contributed by atoms with Crippen molar-refractivity contribution in [2.24, 2.45) is 11.3 Å². The van der Waals surface area contributed by atoms with E-state index in [0.29, 0.717) is 29.5 Å². The van der Waals surface area contributed by atoms with Crippen molar-refractivity contribution in [1.29, 1.82) is 0 Å². The van der Waals surface area contributed by atoms with E-state index in [1.165, 1.54) is 0 Å². The zero-order chi connectivity index (χ0) is 18.7. The minimum atomic E-state index is -0.698. The molecule has 0 aliphatic heterocycles. The molecule has 3 atom stereocenters. The van der Waals surface area contributed by atoms with Crippen LogP contribution in [0.3, 0.4) is 0 Å². The Balaban J connectivity index is 2.23. The van der Waals surface area contributed by atoms with Crippen LogP contribution in [-0.4, -0.2) is 33.0 Å². The van der Waals surface area contributed by atoms with Gasteiger partial charge in [-0.2, -0.15) is 0 Å². The van der Waals surface area contributed by atoms with Crippen LogP contribution in [0.15, 0.2) is 6.07 Å². The molecule has 3 rings (SSSR count). The zero-order valence-corrected chi connectivity index (χ0v) is 15.2. The average molecular weight is 346 g/mol. The van der Waals surface area contributed by atoms with Crippen LogP contribution in [0.25, 0.3) is 0 Å². The van der Waals surface area contributed by atoms with Crippen LogP contribution in [0.1, 0.15) is 68.4 Å². The summed E-state index contributed by atoms with van der Waals surface area (Å²) in [6, 6.07) is 1.60. The van der Waals surface area contributed by atoms with E-state index in [9.17, 15) is 24.9 Å². The van der Waals surface area contributed by atoms with Gasteiger partial charge in [-0.25, -0.2) is 0 Å². The van der Waals surface area contributed by atoms with Gasteiger partial charge >= 0.3 is 0 Å². The number of phenols is 2. The lowest BCUT2D eigenvalue weighted by molar-refractivity contribution is -0.136. The number of aliphatic hydroxyl groups is 1. The Bertz CT molecular complexity index is 762. The molecule has 2 aliphatic carbocycles. The second-order valence-electron chi connectivity index (χ2n) is 8.45. The van der Waals surface area contributed by atoms with Gasteiger partial charge in [0.05, 0.1) is 6.10 Å². The van der Waals surface area contributed by atoms with Crippen LogP contribution >= 0.6 is 0 Å². The van der Waals surface area contributed by atoms with Gasteiger partial charge in [0.2, 0.25) is 0 Å². The molecule has 1 saturated carbocycles. The third-order valence-corrected chi connectivity index (χ3v) is 6.36. The molecule has 25 heavy (non-hydrogen) atoms. The van der Waals surface area contributed by atoms with E-state index in [4.69, 9.17) is 0 Å². The lowest BCUT2D eigenvalue weighted by Crippen LogP contribution is -2.53. The van der Waals surface area contributed by atoms with Crippen molar-refractivity contribution >= 4 is 11.6 Å². The summed E-state index contributed by atoms with van der Waals surface area (Å²) in [6.45, 7) is 7.30. The Morgan fingerprint density at radius 2 is 1.84 bits per heavy atom. The fraction of sp³-hybridized carbons (Fsp3) is 0.600. The number of fused-ring (bicyclic) bond motifs is 3. The summed E-state index contributed by atoms with van der Waals surface area (Å²) in [5, 5.41) is 30.8. The van der Waals surface area contributed by atoms with Crippen molar-refractivity contribution in [3.8, 4) is 11.5 Å². The molecule has 5 heteroatoms. The van der Waals surface area contributed by atoms with Crippen molar-refractivity contribution in [3.63, 3.8) is 0 Å². The number of rotatable bonds is 2. The van der Waals surface area contributed by atoms with Gasteiger partial charge in [-0.3, -0.25) is 9.59 Å². The van der Waals surface area contributed by atoms with E-state index in [-0.39, 0.29) is 41.8 Å². The second kappa shape index (κ2) is 5.56. The molecule has 1 fully saturated rings. The lowest BCUT2D eigenvalue weighted by atomic mass is 9.49. The summed E-state index contributed by atoms with van der Waals surface area (Å²) in [6.07, 6.45) is 0.647. The molecule has 0 radical (unpaired) electrons. The maximum absolute atomic E-state index is 12.8. The summed E-state index contributed by atoms with van der Waals surface area (Å²) in [5.41, 5.74) is 0.0375. The smallest absolute Gasteiger partial charge is 0.163 e. The van der Waals surface area contributed by atoms with Crippen LogP contribution in [0.5, 0.6) is 11.5 Å². The maximum Gasteiger partial charge on any atom is 0.163 e. The first-order valence-corrected chi connectivity index (χ1v) is 8.83. The molecule has 136 valence electrons. The van der Waals surface area contributed by atoms with Gasteiger partial charge in [-0.1, -0.05) is 20.8 Å². The molecule has 1 aromatic carbocycles.